The Labute approximate surface area is 79.4 Å². The minimum absolute atomic E-state index is 0.195. The van der Waals surface area contributed by atoms with Gasteiger partial charge in [0.15, 0.2) is 0 Å². The van der Waals surface area contributed by atoms with Crippen LogP contribution < -0.4 is 4.47 Å². The van der Waals surface area contributed by atoms with Crippen LogP contribution in [0.15, 0.2) is 18.2 Å². The Morgan fingerprint density at radius 2 is 1.64 bits per heavy atom. The number of hydrogen-bond donors (Lipinski definition) is 1. The van der Waals surface area contributed by atoms with Crippen LogP contribution in [0.4, 0.5) is 14.5 Å². The van der Waals surface area contributed by atoms with Crippen molar-refractivity contribution in [2.45, 2.75) is 0 Å². The summed E-state index contributed by atoms with van der Waals surface area (Å²) in [6.45, 7) is 0. The van der Waals surface area contributed by atoms with Gasteiger partial charge in [0.2, 0.25) is 0 Å². The predicted octanol–water partition coefficient (Wildman–Crippen LogP) is 1.12. The molecule has 0 heterocycles. The van der Waals surface area contributed by atoms with E-state index in [1.807, 2.05) is 0 Å². The Bertz CT molecular complexity index is 426. The Morgan fingerprint density at radius 1 is 1.21 bits per heavy atom. The van der Waals surface area contributed by atoms with Crippen LogP contribution in [0.2, 0.25) is 0 Å². The van der Waals surface area contributed by atoms with E-state index in [2.05, 4.69) is 0 Å². The maximum Gasteiger partial charge on any atom is 0.254 e. The molecule has 0 saturated carbocycles. The molecule has 78 valence electrons. The smallest absolute Gasteiger partial charge is 0.254 e. The number of sulfonamides is 1. The lowest BCUT2D eigenvalue weighted by atomic mass is 10.3. The van der Waals surface area contributed by atoms with Gasteiger partial charge in [0.1, 0.15) is 11.6 Å². The molecule has 0 aliphatic carbocycles. The highest BCUT2D eigenvalue weighted by Gasteiger charge is 2.15. The van der Waals surface area contributed by atoms with Crippen LogP contribution in [0.3, 0.4) is 0 Å². The van der Waals surface area contributed by atoms with Crippen LogP contribution in [-0.4, -0.2) is 19.9 Å². The molecule has 14 heavy (non-hydrogen) atoms. The van der Waals surface area contributed by atoms with Crippen LogP contribution in [0.25, 0.3) is 0 Å². The predicted molar refractivity (Wildman–Crippen MR) is 45.5 cm³/mol. The van der Waals surface area contributed by atoms with E-state index in [1.54, 1.807) is 0 Å². The summed E-state index contributed by atoms with van der Waals surface area (Å²) in [5.41, 5.74) is -0.481. The fraction of sp³-hybridized carbons (Fsp3) is 0.143. The van der Waals surface area contributed by atoms with Crippen molar-refractivity contribution in [3.63, 3.8) is 0 Å². The van der Waals surface area contributed by atoms with Gasteiger partial charge < -0.3 is 0 Å². The second-order valence-electron chi connectivity index (χ2n) is 2.63. The SMILES string of the molecule is CS(=O)(=O)N(O)c1cc(F)cc(F)c1. The third kappa shape index (κ3) is 2.39. The van der Waals surface area contributed by atoms with Gasteiger partial charge in [-0.3, -0.25) is 5.21 Å². The number of nitrogens with zero attached hydrogens (tertiary/aromatic N) is 1. The van der Waals surface area contributed by atoms with Gasteiger partial charge in [-0.1, -0.05) is 0 Å². The molecule has 0 fully saturated rings. The monoisotopic (exact) mass is 223 g/mol. The first kappa shape index (κ1) is 10.9. The summed E-state index contributed by atoms with van der Waals surface area (Å²) in [7, 11) is -3.93. The van der Waals surface area contributed by atoms with Gasteiger partial charge >= 0.3 is 0 Å². The zero-order chi connectivity index (χ0) is 10.9. The molecule has 1 aromatic rings. The molecule has 1 rings (SSSR count). The average molecular weight is 223 g/mol. The highest BCUT2D eigenvalue weighted by atomic mass is 32.2. The maximum atomic E-state index is 12.6. The van der Waals surface area contributed by atoms with Crippen molar-refractivity contribution in [2.24, 2.45) is 0 Å². The van der Waals surface area contributed by atoms with Crippen molar-refractivity contribution in [1.82, 2.24) is 0 Å². The Kier molecular flexibility index (Phi) is 2.72. The van der Waals surface area contributed by atoms with Crippen molar-refractivity contribution >= 4 is 15.7 Å². The van der Waals surface area contributed by atoms with Gasteiger partial charge in [-0.05, 0) is 0 Å². The minimum atomic E-state index is -3.93. The molecule has 0 amide bonds. The molecule has 0 unspecified atom stereocenters. The summed E-state index contributed by atoms with van der Waals surface area (Å²) in [5.74, 6) is -1.94. The Morgan fingerprint density at radius 3 is 2.00 bits per heavy atom. The zero-order valence-electron chi connectivity index (χ0n) is 7.11. The lowest BCUT2D eigenvalue weighted by molar-refractivity contribution is 0.316. The first-order valence-electron chi connectivity index (χ1n) is 3.46. The quantitative estimate of drug-likeness (QED) is 0.764. The molecule has 0 saturated heterocycles. The molecule has 4 nitrogen and oxygen atoms in total. The molecule has 7 heteroatoms. The van der Waals surface area contributed by atoms with E-state index in [4.69, 9.17) is 5.21 Å². The number of anilines is 1. The second-order valence-corrected chi connectivity index (χ2v) is 4.45. The fourth-order valence-corrected chi connectivity index (χ4v) is 1.33. The first-order valence-corrected chi connectivity index (χ1v) is 5.31. The van der Waals surface area contributed by atoms with Crippen LogP contribution in [-0.2, 0) is 10.0 Å². The standard InChI is InChI=1S/C7H7F2NO3S/c1-14(12,13)10(11)7-3-5(8)2-6(9)4-7/h2-4,11H,1H3. The first-order chi connectivity index (χ1) is 6.30. The number of hydrogen-bond acceptors (Lipinski definition) is 3. The van der Waals surface area contributed by atoms with Gasteiger partial charge in [-0.25, -0.2) is 17.2 Å². The van der Waals surface area contributed by atoms with Crippen molar-refractivity contribution in [3.8, 4) is 0 Å². The zero-order valence-corrected chi connectivity index (χ0v) is 7.92. The highest BCUT2D eigenvalue weighted by Crippen LogP contribution is 2.18. The summed E-state index contributed by atoms with van der Waals surface area (Å²) in [6.07, 6.45) is 0.704. The molecular formula is C7H7F2NO3S. The molecule has 0 aliphatic rings. The molecule has 1 N–H and O–H groups in total. The maximum absolute atomic E-state index is 12.6. The van der Waals surface area contributed by atoms with Gasteiger partial charge in [-0.15, -0.1) is 4.47 Å². The largest absolute Gasteiger partial charge is 0.274 e. The minimum Gasteiger partial charge on any atom is -0.274 e. The second kappa shape index (κ2) is 3.50. The van der Waals surface area contributed by atoms with Crippen LogP contribution >= 0.6 is 0 Å². The average Bonchev–Trinajstić information content (AvgIpc) is 1.99. The fourth-order valence-electron chi connectivity index (χ4n) is 0.841. The third-order valence-electron chi connectivity index (χ3n) is 1.38. The lowest BCUT2D eigenvalue weighted by Gasteiger charge is -2.13. The van der Waals surface area contributed by atoms with E-state index in [1.165, 1.54) is 0 Å². The van der Waals surface area contributed by atoms with Crippen LogP contribution in [0, 0.1) is 11.6 Å². The summed E-state index contributed by atoms with van der Waals surface area (Å²) in [5, 5.41) is 9.02. The van der Waals surface area contributed by atoms with Crippen molar-refractivity contribution in [2.75, 3.05) is 10.7 Å². The van der Waals surface area contributed by atoms with Crippen molar-refractivity contribution < 1.29 is 22.4 Å². The van der Waals surface area contributed by atoms with Gasteiger partial charge in [0.05, 0.1) is 11.9 Å². The van der Waals surface area contributed by atoms with E-state index < -0.39 is 27.3 Å². The normalized spacial score (nSPS) is 11.4. The molecular weight excluding hydrogens is 216 g/mol. The summed E-state index contributed by atoms with van der Waals surface area (Å²) >= 11 is 0. The molecule has 0 spiro atoms. The van der Waals surface area contributed by atoms with Crippen LogP contribution in [0.5, 0.6) is 0 Å². The molecule has 0 bridgehead atoms. The summed E-state index contributed by atoms with van der Waals surface area (Å²) < 4.78 is 46.6. The number of rotatable bonds is 2. The highest BCUT2D eigenvalue weighted by molar-refractivity contribution is 7.91. The summed E-state index contributed by atoms with van der Waals surface area (Å²) in [6, 6.07) is 1.97. The van der Waals surface area contributed by atoms with E-state index >= 15 is 0 Å². The van der Waals surface area contributed by atoms with Gasteiger partial charge in [-0.2, -0.15) is 0 Å². The molecule has 0 aliphatic heterocycles. The van der Waals surface area contributed by atoms with Gasteiger partial charge in [0.25, 0.3) is 10.0 Å². The molecule has 0 radical (unpaired) electrons. The Balaban J connectivity index is 3.20. The Hall–Kier alpha value is -1.21. The molecule has 0 atom stereocenters. The van der Waals surface area contributed by atoms with Crippen LogP contribution in [0.1, 0.15) is 0 Å². The number of halogens is 2. The van der Waals surface area contributed by atoms with E-state index in [0.29, 0.717) is 24.5 Å². The van der Waals surface area contributed by atoms with Gasteiger partial charge in [0, 0.05) is 18.2 Å². The third-order valence-corrected chi connectivity index (χ3v) is 2.22. The topological polar surface area (TPSA) is 57.6 Å². The molecule has 0 aromatic heterocycles. The lowest BCUT2D eigenvalue weighted by Crippen LogP contribution is -2.25. The van der Waals surface area contributed by atoms with Crippen molar-refractivity contribution in [1.29, 1.82) is 0 Å². The summed E-state index contributed by atoms with van der Waals surface area (Å²) in [4.78, 5) is 0. The number of benzene rings is 1. The van der Waals surface area contributed by atoms with E-state index in [-0.39, 0.29) is 4.47 Å². The molecule has 1 aromatic carbocycles. The van der Waals surface area contributed by atoms with E-state index in [9.17, 15) is 17.2 Å². The van der Waals surface area contributed by atoms with E-state index in [0.717, 1.165) is 0 Å². The van der Waals surface area contributed by atoms with Crippen molar-refractivity contribution in [3.05, 3.63) is 29.8 Å².